The Labute approximate surface area is 116 Å². The molecule has 0 saturated heterocycles. The molecule has 0 amide bonds. The highest BCUT2D eigenvalue weighted by Crippen LogP contribution is 2.17. The minimum atomic E-state index is -3.68. The molecule has 0 aliphatic heterocycles. The number of hydrogen-bond donors (Lipinski definition) is 2. The van der Waals surface area contributed by atoms with Gasteiger partial charge in [-0.2, -0.15) is 0 Å². The van der Waals surface area contributed by atoms with Gasteiger partial charge in [-0.25, -0.2) is 22.5 Å². The lowest BCUT2D eigenvalue weighted by atomic mass is 10.2. The van der Waals surface area contributed by atoms with Crippen molar-refractivity contribution in [1.82, 2.24) is 9.71 Å². The normalized spacial score (nSPS) is 11.3. The third-order valence-electron chi connectivity index (χ3n) is 2.68. The van der Waals surface area contributed by atoms with E-state index in [9.17, 15) is 12.8 Å². The van der Waals surface area contributed by atoms with Crippen LogP contribution in [0.5, 0.6) is 0 Å². The molecule has 7 heteroatoms. The molecule has 0 saturated carbocycles. The fraction of sp³-hybridized carbons (Fsp3) is 0.154. The van der Waals surface area contributed by atoms with Crippen molar-refractivity contribution in [1.29, 1.82) is 0 Å². The second-order valence-corrected chi connectivity index (χ2v) is 5.79. The number of aromatic nitrogens is 1. The summed E-state index contributed by atoms with van der Waals surface area (Å²) in [5, 5.41) is 2.73. The Hall–Kier alpha value is -1.99. The molecular formula is C13H14FN3O2S. The van der Waals surface area contributed by atoms with Gasteiger partial charge in [-0.1, -0.05) is 12.1 Å². The molecule has 0 bridgehead atoms. The van der Waals surface area contributed by atoms with Crippen LogP contribution in [-0.4, -0.2) is 20.4 Å². The maximum Gasteiger partial charge on any atom is 0.244 e. The summed E-state index contributed by atoms with van der Waals surface area (Å²) in [5.74, 6) is -0.0829. The van der Waals surface area contributed by atoms with Crippen molar-refractivity contribution in [3.05, 3.63) is 54.0 Å². The van der Waals surface area contributed by atoms with Crippen LogP contribution in [0.2, 0.25) is 0 Å². The van der Waals surface area contributed by atoms with Gasteiger partial charge in [0.1, 0.15) is 16.5 Å². The molecule has 106 valence electrons. The van der Waals surface area contributed by atoms with Crippen LogP contribution in [0.15, 0.2) is 47.5 Å². The number of pyridine rings is 1. The van der Waals surface area contributed by atoms with Crippen LogP contribution in [0.3, 0.4) is 0 Å². The average Bonchev–Trinajstić information content (AvgIpc) is 2.46. The molecule has 0 spiro atoms. The molecule has 0 aliphatic carbocycles. The lowest BCUT2D eigenvalue weighted by molar-refractivity contribution is 0.581. The minimum absolute atomic E-state index is 0.0737. The molecule has 0 fully saturated rings. The smallest absolute Gasteiger partial charge is 0.244 e. The number of sulfonamides is 1. The van der Waals surface area contributed by atoms with Crippen LogP contribution in [-0.2, 0) is 16.6 Å². The summed E-state index contributed by atoms with van der Waals surface area (Å²) in [6.45, 7) is 0.0840. The zero-order chi connectivity index (χ0) is 14.6. The van der Waals surface area contributed by atoms with Crippen molar-refractivity contribution < 1.29 is 12.8 Å². The first-order valence-corrected chi connectivity index (χ1v) is 7.38. The third-order valence-corrected chi connectivity index (χ3v) is 4.11. The maximum absolute atomic E-state index is 12.8. The summed E-state index contributed by atoms with van der Waals surface area (Å²) in [5.41, 5.74) is 0.671. The molecule has 20 heavy (non-hydrogen) atoms. The molecule has 2 aromatic rings. The van der Waals surface area contributed by atoms with E-state index in [1.165, 1.54) is 36.5 Å². The van der Waals surface area contributed by atoms with Gasteiger partial charge in [0.25, 0.3) is 0 Å². The number of halogens is 1. The number of benzene rings is 1. The van der Waals surface area contributed by atoms with Crippen molar-refractivity contribution in [2.75, 3.05) is 12.4 Å². The zero-order valence-electron chi connectivity index (χ0n) is 10.8. The summed E-state index contributed by atoms with van der Waals surface area (Å²) in [7, 11) is -2.08. The number of rotatable bonds is 5. The quantitative estimate of drug-likeness (QED) is 0.881. The molecule has 1 aromatic heterocycles. The van der Waals surface area contributed by atoms with Gasteiger partial charge in [0.15, 0.2) is 0 Å². The van der Waals surface area contributed by atoms with E-state index in [2.05, 4.69) is 15.0 Å². The van der Waals surface area contributed by atoms with Crippen molar-refractivity contribution in [2.24, 2.45) is 0 Å². The Morgan fingerprint density at radius 2 is 1.90 bits per heavy atom. The van der Waals surface area contributed by atoms with Gasteiger partial charge in [-0.3, -0.25) is 0 Å². The Kier molecular flexibility index (Phi) is 4.31. The largest absolute Gasteiger partial charge is 0.372 e. The summed E-state index contributed by atoms with van der Waals surface area (Å²) < 4.78 is 39.6. The van der Waals surface area contributed by atoms with Crippen LogP contribution in [0.1, 0.15) is 5.56 Å². The Balaban J connectivity index is 2.17. The van der Waals surface area contributed by atoms with Crippen molar-refractivity contribution in [2.45, 2.75) is 11.4 Å². The predicted octanol–water partition coefficient (Wildman–Crippen LogP) is 1.74. The van der Waals surface area contributed by atoms with Crippen LogP contribution in [0, 0.1) is 5.82 Å². The number of nitrogens with one attached hydrogen (secondary N) is 2. The summed E-state index contributed by atoms with van der Waals surface area (Å²) >= 11 is 0. The highest BCUT2D eigenvalue weighted by molar-refractivity contribution is 7.89. The highest BCUT2D eigenvalue weighted by Gasteiger charge is 2.18. The lowest BCUT2D eigenvalue weighted by Crippen LogP contribution is -2.24. The highest BCUT2D eigenvalue weighted by atomic mass is 32.2. The van der Waals surface area contributed by atoms with Gasteiger partial charge in [0.2, 0.25) is 10.0 Å². The van der Waals surface area contributed by atoms with Gasteiger partial charge in [-0.15, -0.1) is 0 Å². The molecule has 1 heterocycles. The summed E-state index contributed by atoms with van der Waals surface area (Å²) in [4.78, 5) is 4.02. The lowest BCUT2D eigenvalue weighted by Gasteiger charge is -2.10. The van der Waals surface area contributed by atoms with Gasteiger partial charge < -0.3 is 5.32 Å². The second kappa shape index (κ2) is 5.98. The molecule has 2 N–H and O–H groups in total. The molecule has 5 nitrogen and oxygen atoms in total. The molecule has 0 unspecified atom stereocenters. The Bertz CT molecular complexity index is 687. The molecule has 2 rings (SSSR count). The van der Waals surface area contributed by atoms with Crippen molar-refractivity contribution >= 4 is 15.8 Å². The fourth-order valence-electron chi connectivity index (χ4n) is 1.65. The van der Waals surface area contributed by atoms with E-state index in [0.717, 1.165) is 0 Å². The Morgan fingerprint density at radius 3 is 2.55 bits per heavy atom. The minimum Gasteiger partial charge on any atom is -0.372 e. The summed E-state index contributed by atoms with van der Waals surface area (Å²) in [6.07, 6.45) is 1.50. The van der Waals surface area contributed by atoms with E-state index in [1.54, 1.807) is 13.1 Å². The van der Waals surface area contributed by atoms with E-state index < -0.39 is 10.0 Å². The van der Waals surface area contributed by atoms with Gasteiger partial charge >= 0.3 is 0 Å². The monoisotopic (exact) mass is 295 g/mol. The van der Waals surface area contributed by atoms with E-state index in [0.29, 0.717) is 5.56 Å². The van der Waals surface area contributed by atoms with Gasteiger partial charge in [0, 0.05) is 19.8 Å². The second-order valence-electron chi connectivity index (χ2n) is 4.05. The van der Waals surface area contributed by atoms with Crippen molar-refractivity contribution in [3.8, 4) is 0 Å². The van der Waals surface area contributed by atoms with E-state index in [1.807, 2.05) is 0 Å². The predicted molar refractivity (Wildman–Crippen MR) is 74.2 cm³/mol. The fourth-order valence-corrected chi connectivity index (χ4v) is 2.83. The number of anilines is 1. The number of hydrogen-bond acceptors (Lipinski definition) is 4. The van der Waals surface area contributed by atoms with Crippen LogP contribution in [0.4, 0.5) is 10.2 Å². The maximum atomic E-state index is 12.8. The molecule has 0 aliphatic rings. The standard InChI is InChI=1S/C13H14FN3O2S/c1-15-13-12(3-2-8-16-13)20(18,19)17-9-10-4-6-11(14)7-5-10/h2-8,17H,9H2,1H3,(H,15,16). The molecule has 0 radical (unpaired) electrons. The van der Waals surface area contributed by atoms with Crippen LogP contribution in [0.25, 0.3) is 0 Å². The third kappa shape index (κ3) is 3.31. The molecule has 1 aromatic carbocycles. The van der Waals surface area contributed by atoms with Crippen LogP contribution >= 0.6 is 0 Å². The van der Waals surface area contributed by atoms with E-state index in [4.69, 9.17) is 0 Å². The van der Waals surface area contributed by atoms with Gasteiger partial charge in [-0.05, 0) is 29.8 Å². The zero-order valence-corrected chi connectivity index (χ0v) is 11.6. The summed E-state index contributed by atoms with van der Waals surface area (Å²) in [6, 6.07) is 8.64. The first kappa shape index (κ1) is 14.4. The topological polar surface area (TPSA) is 71.1 Å². The number of nitrogens with zero attached hydrogens (tertiary/aromatic N) is 1. The van der Waals surface area contributed by atoms with Gasteiger partial charge in [0.05, 0.1) is 0 Å². The average molecular weight is 295 g/mol. The first-order chi connectivity index (χ1) is 9.53. The molecular weight excluding hydrogens is 281 g/mol. The van der Waals surface area contributed by atoms with Crippen molar-refractivity contribution in [3.63, 3.8) is 0 Å². The Morgan fingerprint density at radius 1 is 1.20 bits per heavy atom. The molecule has 0 atom stereocenters. The van der Waals surface area contributed by atoms with E-state index >= 15 is 0 Å². The van der Waals surface area contributed by atoms with Crippen LogP contribution < -0.4 is 10.0 Å². The SMILES string of the molecule is CNc1ncccc1S(=O)(=O)NCc1ccc(F)cc1. The first-order valence-electron chi connectivity index (χ1n) is 5.90. The van der Waals surface area contributed by atoms with E-state index in [-0.39, 0.29) is 23.1 Å².